The zero-order valence-electron chi connectivity index (χ0n) is 14.6. The van der Waals surface area contributed by atoms with Crippen LogP contribution in [0.5, 0.6) is 0 Å². The Morgan fingerprint density at radius 1 is 1.15 bits per heavy atom. The molecule has 136 valence electrons. The lowest BCUT2D eigenvalue weighted by molar-refractivity contribution is 0.0575. The summed E-state index contributed by atoms with van der Waals surface area (Å²) in [6.07, 6.45) is -0.667. The first-order valence-electron chi connectivity index (χ1n) is 8.56. The number of aliphatic hydroxyl groups is 1. The fourth-order valence-electron chi connectivity index (χ4n) is 2.84. The standard InChI is InChI=1S/C20H22N2O4/c1-14(23)16-3-2-4-17(11-16)15-5-7-18(8-6-15)21-20(25)22-9-10-26-13-19(24)12-22/h2-8,11,19,24H,9-10,12-13H2,1H3,(H,21,25)/t19-/m1/s1. The number of carbonyl (C=O) groups is 2. The first kappa shape index (κ1) is 18.1. The summed E-state index contributed by atoms with van der Waals surface area (Å²) in [6, 6.07) is 14.6. The van der Waals surface area contributed by atoms with E-state index in [1.807, 2.05) is 42.5 Å². The molecule has 0 unspecified atom stereocenters. The highest BCUT2D eigenvalue weighted by molar-refractivity contribution is 5.95. The topological polar surface area (TPSA) is 78.9 Å². The van der Waals surface area contributed by atoms with E-state index in [4.69, 9.17) is 4.74 Å². The van der Waals surface area contributed by atoms with Gasteiger partial charge in [0, 0.05) is 17.8 Å². The van der Waals surface area contributed by atoms with Gasteiger partial charge in [-0.2, -0.15) is 0 Å². The third-order valence-corrected chi connectivity index (χ3v) is 4.27. The average molecular weight is 354 g/mol. The van der Waals surface area contributed by atoms with Crippen molar-refractivity contribution in [3.63, 3.8) is 0 Å². The molecule has 2 amide bonds. The monoisotopic (exact) mass is 354 g/mol. The van der Waals surface area contributed by atoms with Crippen LogP contribution in [0.4, 0.5) is 10.5 Å². The van der Waals surface area contributed by atoms with Crippen LogP contribution in [0.25, 0.3) is 11.1 Å². The van der Waals surface area contributed by atoms with E-state index in [1.54, 1.807) is 17.9 Å². The lowest BCUT2D eigenvalue weighted by atomic mass is 10.0. The third kappa shape index (κ3) is 4.47. The molecule has 0 bridgehead atoms. The molecule has 1 saturated heterocycles. The minimum atomic E-state index is -0.667. The summed E-state index contributed by atoms with van der Waals surface area (Å²) >= 11 is 0. The van der Waals surface area contributed by atoms with Crippen LogP contribution in [-0.4, -0.2) is 54.2 Å². The summed E-state index contributed by atoms with van der Waals surface area (Å²) in [5.41, 5.74) is 3.25. The van der Waals surface area contributed by atoms with E-state index in [1.165, 1.54) is 0 Å². The molecule has 0 aliphatic carbocycles. The minimum Gasteiger partial charge on any atom is -0.389 e. The largest absolute Gasteiger partial charge is 0.389 e. The molecular weight excluding hydrogens is 332 g/mol. The lowest BCUT2D eigenvalue weighted by Crippen LogP contribution is -2.40. The maximum absolute atomic E-state index is 12.4. The molecule has 6 nitrogen and oxygen atoms in total. The van der Waals surface area contributed by atoms with E-state index >= 15 is 0 Å². The Labute approximate surface area is 152 Å². The van der Waals surface area contributed by atoms with Gasteiger partial charge in [-0.3, -0.25) is 4.79 Å². The van der Waals surface area contributed by atoms with E-state index in [0.29, 0.717) is 24.4 Å². The molecule has 6 heteroatoms. The van der Waals surface area contributed by atoms with E-state index < -0.39 is 6.10 Å². The van der Waals surface area contributed by atoms with Crippen molar-refractivity contribution < 1.29 is 19.4 Å². The SMILES string of the molecule is CC(=O)c1cccc(-c2ccc(NC(=O)N3CCOC[C@H](O)C3)cc2)c1. The number of Topliss-reactive ketones (excluding diaryl/α,β-unsaturated/α-hetero) is 1. The number of ether oxygens (including phenoxy) is 1. The fourth-order valence-corrected chi connectivity index (χ4v) is 2.84. The van der Waals surface area contributed by atoms with Gasteiger partial charge in [0.25, 0.3) is 0 Å². The average Bonchev–Trinajstić information content (AvgIpc) is 2.87. The van der Waals surface area contributed by atoms with Gasteiger partial charge in [0.15, 0.2) is 5.78 Å². The van der Waals surface area contributed by atoms with Gasteiger partial charge >= 0.3 is 6.03 Å². The van der Waals surface area contributed by atoms with Crippen molar-refractivity contribution in [1.29, 1.82) is 0 Å². The molecule has 1 atom stereocenters. The maximum atomic E-state index is 12.4. The van der Waals surface area contributed by atoms with Crippen molar-refractivity contribution in [3.05, 3.63) is 54.1 Å². The number of aliphatic hydroxyl groups excluding tert-OH is 1. The molecule has 26 heavy (non-hydrogen) atoms. The summed E-state index contributed by atoms with van der Waals surface area (Å²) in [6.45, 7) is 2.90. The normalized spacial score (nSPS) is 17.5. The summed E-state index contributed by atoms with van der Waals surface area (Å²) in [5, 5.41) is 12.6. The van der Waals surface area contributed by atoms with E-state index in [9.17, 15) is 14.7 Å². The highest BCUT2D eigenvalue weighted by Crippen LogP contribution is 2.23. The van der Waals surface area contributed by atoms with Crippen LogP contribution in [0, 0.1) is 0 Å². The van der Waals surface area contributed by atoms with Gasteiger partial charge in [-0.05, 0) is 36.2 Å². The Morgan fingerprint density at radius 3 is 2.65 bits per heavy atom. The molecule has 0 aromatic heterocycles. The highest BCUT2D eigenvalue weighted by Gasteiger charge is 2.20. The second-order valence-electron chi connectivity index (χ2n) is 6.32. The predicted molar refractivity (Wildman–Crippen MR) is 99.3 cm³/mol. The Bertz CT molecular complexity index is 789. The number of ketones is 1. The number of hydrogen-bond acceptors (Lipinski definition) is 4. The first-order chi connectivity index (χ1) is 12.5. The lowest BCUT2D eigenvalue weighted by Gasteiger charge is -2.21. The van der Waals surface area contributed by atoms with Gasteiger partial charge < -0.3 is 20.1 Å². The number of nitrogens with one attached hydrogen (secondary N) is 1. The number of urea groups is 1. The second kappa shape index (κ2) is 8.12. The van der Waals surface area contributed by atoms with Crippen molar-refractivity contribution in [2.24, 2.45) is 0 Å². The molecule has 2 N–H and O–H groups in total. The molecule has 2 aromatic rings. The number of carbonyl (C=O) groups excluding carboxylic acids is 2. The van der Waals surface area contributed by atoms with E-state index in [2.05, 4.69) is 5.32 Å². The van der Waals surface area contributed by atoms with Crippen LogP contribution in [0.2, 0.25) is 0 Å². The second-order valence-corrected chi connectivity index (χ2v) is 6.32. The van der Waals surface area contributed by atoms with Crippen LogP contribution in [-0.2, 0) is 4.74 Å². The quantitative estimate of drug-likeness (QED) is 0.831. The van der Waals surface area contributed by atoms with Gasteiger partial charge in [-0.25, -0.2) is 4.79 Å². The van der Waals surface area contributed by atoms with Gasteiger partial charge in [-0.1, -0.05) is 30.3 Å². The molecular formula is C20H22N2O4. The Hall–Kier alpha value is -2.70. The third-order valence-electron chi connectivity index (χ3n) is 4.27. The number of rotatable bonds is 3. The van der Waals surface area contributed by atoms with Gasteiger partial charge in [0.05, 0.1) is 25.9 Å². The number of β-amino-alcohol motifs (C(OH)–C–C–N with tert-alkyl or cyclic N) is 1. The summed E-state index contributed by atoms with van der Waals surface area (Å²) < 4.78 is 5.23. The first-order valence-corrected chi connectivity index (χ1v) is 8.56. The molecule has 0 radical (unpaired) electrons. The smallest absolute Gasteiger partial charge is 0.322 e. The minimum absolute atomic E-state index is 0.0272. The van der Waals surface area contributed by atoms with Gasteiger partial charge in [0.2, 0.25) is 0 Å². The zero-order valence-corrected chi connectivity index (χ0v) is 14.6. The molecule has 1 aliphatic rings. The number of anilines is 1. The van der Waals surface area contributed by atoms with Crippen molar-refractivity contribution in [1.82, 2.24) is 4.90 Å². The molecule has 0 saturated carbocycles. The highest BCUT2D eigenvalue weighted by atomic mass is 16.5. The molecule has 1 fully saturated rings. The van der Waals surface area contributed by atoms with Gasteiger partial charge in [-0.15, -0.1) is 0 Å². The van der Waals surface area contributed by atoms with E-state index in [0.717, 1.165) is 11.1 Å². The van der Waals surface area contributed by atoms with Crippen LogP contribution >= 0.6 is 0 Å². The zero-order chi connectivity index (χ0) is 18.5. The molecule has 0 spiro atoms. The number of hydrogen-bond donors (Lipinski definition) is 2. The molecule has 3 rings (SSSR count). The van der Waals surface area contributed by atoms with Crippen molar-refractivity contribution in [2.45, 2.75) is 13.0 Å². The van der Waals surface area contributed by atoms with Crippen molar-refractivity contribution in [3.8, 4) is 11.1 Å². The van der Waals surface area contributed by atoms with Crippen LogP contribution in [0.1, 0.15) is 17.3 Å². The van der Waals surface area contributed by atoms with Crippen LogP contribution in [0.15, 0.2) is 48.5 Å². The number of nitrogens with zero attached hydrogens (tertiary/aromatic N) is 1. The van der Waals surface area contributed by atoms with Crippen LogP contribution < -0.4 is 5.32 Å². The van der Waals surface area contributed by atoms with Crippen molar-refractivity contribution >= 4 is 17.5 Å². The molecule has 1 aliphatic heterocycles. The van der Waals surface area contributed by atoms with E-state index in [-0.39, 0.29) is 25.0 Å². The fraction of sp³-hybridized carbons (Fsp3) is 0.300. The summed E-state index contributed by atoms with van der Waals surface area (Å²) in [5.74, 6) is 0.0272. The summed E-state index contributed by atoms with van der Waals surface area (Å²) in [4.78, 5) is 25.4. The number of benzene rings is 2. The van der Waals surface area contributed by atoms with Crippen molar-refractivity contribution in [2.75, 3.05) is 31.6 Å². The molecule has 2 aromatic carbocycles. The predicted octanol–water partition coefficient (Wildman–Crippen LogP) is 2.78. The summed E-state index contributed by atoms with van der Waals surface area (Å²) in [7, 11) is 0. The Morgan fingerprint density at radius 2 is 1.92 bits per heavy atom. The van der Waals surface area contributed by atoms with Gasteiger partial charge in [0.1, 0.15) is 0 Å². The Kier molecular flexibility index (Phi) is 5.65. The number of amides is 2. The Balaban J connectivity index is 1.68. The maximum Gasteiger partial charge on any atom is 0.322 e. The van der Waals surface area contributed by atoms with Crippen LogP contribution in [0.3, 0.4) is 0 Å². The molecule has 1 heterocycles.